The van der Waals surface area contributed by atoms with Crippen molar-refractivity contribution >= 4 is 0 Å². The van der Waals surface area contributed by atoms with Crippen molar-refractivity contribution in [2.75, 3.05) is 4.43 Å². The third-order valence-electron chi connectivity index (χ3n) is 1.11. The van der Waals surface area contributed by atoms with Crippen LogP contribution in [0.25, 0.3) is 0 Å². The van der Waals surface area contributed by atoms with Crippen LogP contribution in [0.4, 0.5) is 0 Å². The first-order valence-corrected chi connectivity index (χ1v) is 5.73. The molecule has 1 heterocycles. The summed E-state index contributed by atoms with van der Waals surface area (Å²) >= 11 is 0.290. The third kappa shape index (κ3) is 2.39. The molecule has 0 saturated heterocycles. The lowest BCUT2D eigenvalue weighted by molar-refractivity contribution is -0.686. The number of nitrogens with one attached hydrogen (secondary N) is 1. The highest BCUT2D eigenvalue weighted by atomic mass is 127. The van der Waals surface area contributed by atoms with Crippen molar-refractivity contribution in [1.29, 1.82) is 0 Å². The van der Waals surface area contributed by atoms with Gasteiger partial charge in [-0.15, -0.1) is 0 Å². The van der Waals surface area contributed by atoms with Crippen molar-refractivity contribution in [3.8, 4) is 0 Å². The second-order valence-electron chi connectivity index (χ2n) is 1.91. The van der Waals surface area contributed by atoms with E-state index >= 15 is 0 Å². The Morgan fingerprint density at radius 1 is 1.89 bits per heavy atom. The number of halogens is 1. The van der Waals surface area contributed by atoms with Crippen molar-refractivity contribution in [3.63, 3.8) is 0 Å². The Bertz CT molecular complexity index is 138. The molecule has 1 aliphatic rings. The smallest absolute Gasteiger partial charge is 0.186 e. The van der Waals surface area contributed by atoms with Crippen LogP contribution in [0.15, 0.2) is 23.9 Å². The molecule has 0 amide bonds. The molecule has 1 nitrogen and oxygen atoms in total. The molecular formula is C7H11IN+. The quantitative estimate of drug-likeness (QED) is 0.347. The maximum atomic E-state index is 3.28. The lowest BCUT2D eigenvalue weighted by atomic mass is 10.3. The minimum Gasteiger partial charge on any atom is -0.186 e. The SMILES string of the molecule is CCC=CC1=CN[I+]C1. The highest BCUT2D eigenvalue weighted by Crippen LogP contribution is 1.92. The average Bonchev–Trinajstić information content (AvgIpc) is 2.34. The molecule has 0 aromatic rings. The first-order chi connectivity index (χ1) is 4.43. The Kier molecular flexibility index (Phi) is 3.11. The Labute approximate surface area is 66.8 Å². The van der Waals surface area contributed by atoms with Gasteiger partial charge in [-0.05, 0) is 6.42 Å². The van der Waals surface area contributed by atoms with Crippen LogP contribution in [0.2, 0.25) is 0 Å². The minimum absolute atomic E-state index is 0.290. The topological polar surface area (TPSA) is 12.0 Å². The summed E-state index contributed by atoms with van der Waals surface area (Å²) in [6, 6.07) is 0. The van der Waals surface area contributed by atoms with Crippen molar-refractivity contribution in [3.05, 3.63) is 23.9 Å². The summed E-state index contributed by atoms with van der Waals surface area (Å²) in [5.41, 5.74) is 1.48. The van der Waals surface area contributed by atoms with Crippen LogP contribution in [0.3, 0.4) is 0 Å². The van der Waals surface area contributed by atoms with Crippen molar-refractivity contribution in [2.24, 2.45) is 0 Å². The monoisotopic (exact) mass is 236 g/mol. The lowest BCUT2D eigenvalue weighted by Crippen LogP contribution is -3.67. The molecule has 0 unspecified atom stereocenters. The number of allylic oxidation sites excluding steroid dienone is 3. The summed E-state index contributed by atoms with van der Waals surface area (Å²) in [6.45, 7) is 2.16. The molecule has 0 radical (unpaired) electrons. The van der Waals surface area contributed by atoms with Gasteiger partial charge in [0.2, 0.25) is 0 Å². The second-order valence-corrected chi connectivity index (χ2v) is 4.05. The van der Waals surface area contributed by atoms with Gasteiger partial charge in [0, 0.05) is 5.57 Å². The van der Waals surface area contributed by atoms with Gasteiger partial charge in [0.25, 0.3) is 0 Å². The molecule has 0 spiro atoms. The van der Waals surface area contributed by atoms with E-state index in [1.54, 1.807) is 0 Å². The van der Waals surface area contributed by atoms with Crippen LogP contribution in [0, 0.1) is 0 Å². The van der Waals surface area contributed by atoms with Crippen LogP contribution >= 0.6 is 0 Å². The second kappa shape index (κ2) is 3.93. The predicted molar refractivity (Wildman–Crippen MR) is 35.5 cm³/mol. The van der Waals surface area contributed by atoms with Crippen LogP contribution in [-0.2, 0) is 0 Å². The van der Waals surface area contributed by atoms with E-state index in [9.17, 15) is 0 Å². The highest BCUT2D eigenvalue weighted by Gasteiger charge is 2.14. The molecule has 0 aliphatic carbocycles. The minimum atomic E-state index is 0.290. The molecule has 0 bridgehead atoms. The van der Waals surface area contributed by atoms with E-state index in [2.05, 4.69) is 28.8 Å². The van der Waals surface area contributed by atoms with Gasteiger partial charge in [-0.25, -0.2) is 0 Å². The van der Waals surface area contributed by atoms with E-state index in [0.717, 1.165) is 6.42 Å². The summed E-state index contributed by atoms with van der Waals surface area (Å²) in [4.78, 5) is 0. The molecule has 0 aromatic carbocycles. The van der Waals surface area contributed by atoms with Crippen LogP contribution < -0.4 is 25.0 Å². The maximum Gasteiger partial charge on any atom is 0.422 e. The zero-order chi connectivity index (χ0) is 6.53. The van der Waals surface area contributed by atoms with Crippen LogP contribution in [-0.4, -0.2) is 4.43 Å². The predicted octanol–water partition coefficient (Wildman–Crippen LogP) is -1.56. The molecule has 0 saturated carbocycles. The average molecular weight is 236 g/mol. The zero-order valence-electron chi connectivity index (χ0n) is 5.52. The fourth-order valence-electron chi connectivity index (χ4n) is 0.625. The maximum absolute atomic E-state index is 3.28. The van der Waals surface area contributed by atoms with Gasteiger partial charge in [0.1, 0.15) is 0 Å². The Morgan fingerprint density at radius 3 is 3.33 bits per heavy atom. The largest absolute Gasteiger partial charge is 0.422 e. The summed E-state index contributed by atoms with van der Waals surface area (Å²) in [6.07, 6.45) is 7.72. The van der Waals surface area contributed by atoms with E-state index in [4.69, 9.17) is 0 Å². The zero-order valence-corrected chi connectivity index (χ0v) is 7.68. The Balaban J connectivity index is 2.34. The number of alkyl halides is 1. The molecule has 0 atom stereocenters. The normalized spacial score (nSPS) is 18.1. The molecule has 1 aliphatic heterocycles. The number of rotatable bonds is 2. The van der Waals surface area contributed by atoms with Crippen molar-refractivity contribution in [2.45, 2.75) is 13.3 Å². The Morgan fingerprint density at radius 2 is 2.78 bits per heavy atom. The van der Waals surface area contributed by atoms with Crippen molar-refractivity contribution < 1.29 is 21.5 Å². The fraction of sp³-hybridized carbons (Fsp3) is 0.429. The molecule has 9 heavy (non-hydrogen) atoms. The van der Waals surface area contributed by atoms with E-state index < -0.39 is 0 Å². The first kappa shape index (κ1) is 7.12. The van der Waals surface area contributed by atoms with Gasteiger partial charge in [-0.1, -0.05) is 19.1 Å². The van der Waals surface area contributed by atoms with Gasteiger partial charge in [0.05, 0.1) is 6.20 Å². The van der Waals surface area contributed by atoms with E-state index in [1.807, 2.05) is 0 Å². The summed E-state index contributed by atoms with van der Waals surface area (Å²) < 4.78 is 4.58. The van der Waals surface area contributed by atoms with Crippen molar-refractivity contribution in [1.82, 2.24) is 3.53 Å². The summed E-state index contributed by atoms with van der Waals surface area (Å²) in [5, 5.41) is 0. The highest BCUT2D eigenvalue weighted by molar-refractivity contribution is 5.18. The molecule has 1 N–H and O–H groups in total. The van der Waals surface area contributed by atoms with E-state index in [-0.39, 0.29) is 0 Å². The molecule has 2 heteroatoms. The van der Waals surface area contributed by atoms with Crippen LogP contribution in [0.1, 0.15) is 13.3 Å². The first-order valence-electron chi connectivity index (χ1n) is 3.12. The van der Waals surface area contributed by atoms with Gasteiger partial charge >= 0.3 is 21.5 Å². The molecule has 50 valence electrons. The fourth-order valence-corrected chi connectivity index (χ4v) is 2.38. The standard InChI is InChI=1S/C7H11IN/c1-2-3-4-7-5-8-9-6-7/h3-4,6,9H,2,5H2,1H3/q+1. The van der Waals surface area contributed by atoms with E-state index in [0.29, 0.717) is 21.5 Å². The van der Waals surface area contributed by atoms with Gasteiger partial charge in [-0.3, -0.25) is 0 Å². The molecular weight excluding hydrogens is 225 g/mol. The van der Waals surface area contributed by atoms with E-state index in [1.165, 1.54) is 10.0 Å². The van der Waals surface area contributed by atoms with Crippen LogP contribution in [0.5, 0.6) is 0 Å². The third-order valence-corrected chi connectivity index (χ3v) is 3.12. The Hall–Kier alpha value is 0.0100. The number of hydrogen-bond donors (Lipinski definition) is 1. The number of hydrogen-bond acceptors (Lipinski definition) is 1. The molecule has 0 fully saturated rings. The molecule has 0 aromatic heterocycles. The summed E-state index contributed by atoms with van der Waals surface area (Å²) in [5.74, 6) is 0. The molecule has 1 rings (SSSR count). The summed E-state index contributed by atoms with van der Waals surface area (Å²) in [7, 11) is 0. The van der Waals surface area contributed by atoms with Gasteiger partial charge in [0.15, 0.2) is 4.43 Å². The van der Waals surface area contributed by atoms with Gasteiger partial charge in [-0.2, -0.15) is 3.53 Å². The van der Waals surface area contributed by atoms with Gasteiger partial charge < -0.3 is 0 Å². The lowest BCUT2D eigenvalue weighted by Gasteiger charge is -1.79.